The smallest absolute Gasteiger partial charge is 0.200 e. The SMILES string of the molecule is COc1ccc(-c2nn(-c3ccccc3)cc2CSc2nnc(-c3ccco3)n2C)cc1. The van der Waals surface area contributed by atoms with Gasteiger partial charge in [0.2, 0.25) is 0 Å². The van der Waals surface area contributed by atoms with Crippen molar-refractivity contribution in [2.75, 3.05) is 7.11 Å². The molecule has 0 spiro atoms. The van der Waals surface area contributed by atoms with Crippen LogP contribution in [0.5, 0.6) is 5.75 Å². The lowest BCUT2D eigenvalue weighted by atomic mass is 10.1. The predicted molar refractivity (Wildman–Crippen MR) is 124 cm³/mol. The molecule has 0 atom stereocenters. The number of thioether (sulfide) groups is 1. The molecule has 32 heavy (non-hydrogen) atoms. The van der Waals surface area contributed by atoms with Gasteiger partial charge in [0.1, 0.15) is 5.75 Å². The maximum atomic E-state index is 5.47. The third-order valence-electron chi connectivity index (χ3n) is 5.11. The molecule has 0 N–H and O–H groups in total. The number of para-hydroxylation sites is 1. The zero-order chi connectivity index (χ0) is 21.9. The maximum Gasteiger partial charge on any atom is 0.200 e. The number of ether oxygens (including phenoxy) is 1. The number of rotatable bonds is 7. The molecular formula is C24H21N5O2S. The van der Waals surface area contributed by atoms with E-state index in [0.717, 1.165) is 33.4 Å². The molecule has 0 saturated carbocycles. The third kappa shape index (κ3) is 3.92. The van der Waals surface area contributed by atoms with E-state index in [1.165, 1.54) is 0 Å². The normalized spacial score (nSPS) is 11.1. The summed E-state index contributed by atoms with van der Waals surface area (Å²) in [4.78, 5) is 0. The van der Waals surface area contributed by atoms with Crippen molar-refractivity contribution in [3.05, 3.63) is 84.8 Å². The Balaban J connectivity index is 1.46. The van der Waals surface area contributed by atoms with Crippen LogP contribution in [0.3, 0.4) is 0 Å². The fourth-order valence-electron chi connectivity index (χ4n) is 3.42. The fourth-order valence-corrected chi connectivity index (χ4v) is 4.30. The van der Waals surface area contributed by atoms with Gasteiger partial charge in [0.15, 0.2) is 16.7 Å². The highest BCUT2D eigenvalue weighted by molar-refractivity contribution is 7.98. The van der Waals surface area contributed by atoms with E-state index in [9.17, 15) is 0 Å². The van der Waals surface area contributed by atoms with Crippen molar-refractivity contribution in [3.8, 4) is 34.3 Å². The predicted octanol–water partition coefficient (Wildman–Crippen LogP) is 5.23. The molecule has 160 valence electrons. The van der Waals surface area contributed by atoms with E-state index in [1.807, 2.05) is 83.0 Å². The molecule has 3 heterocycles. The van der Waals surface area contributed by atoms with Crippen LogP contribution in [0.2, 0.25) is 0 Å². The standard InChI is InChI=1S/C24H21N5O2S/c1-28-23(21-9-6-14-31-21)25-26-24(28)32-16-18-15-29(19-7-4-3-5-8-19)27-22(18)17-10-12-20(30-2)13-11-17/h3-15H,16H2,1-2H3. The van der Waals surface area contributed by atoms with E-state index < -0.39 is 0 Å². The van der Waals surface area contributed by atoms with E-state index in [1.54, 1.807) is 25.1 Å². The Labute approximate surface area is 189 Å². The van der Waals surface area contributed by atoms with E-state index >= 15 is 0 Å². The van der Waals surface area contributed by atoms with Crippen molar-refractivity contribution < 1.29 is 9.15 Å². The van der Waals surface area contributed by atoms with Crippen molar-refractivity contribution in [3.63, 3.8) is 0 Å². The molecule has 0 fully saturated rings. The first kappa shape index (κ1) is 20.1. The van der Waals surface area contributed by atoms with Crippen LogP contribution in [-0.4, -0.2) is 31.7 Å². The Morgan fingerprint density at radius 1 is 0.969 bits per heavy atom. The van der Waals surface area contributed by atoms with Gasteiger partial charge in [0.05, 0.1) is 24.8 Å². The van der Waals surface area contributed by atoms with Crippen LogP contribution in [-0.2, 0) is 12.8 Å². The van der Waals surface area contributed by atoms with Gasteiger partial charge in [0, 0.05) is 30.1 Å². The summed E-state index contributed by atoms with van der Waals surface area (Å²) in [5.74, 6) is 2.91. The second kappa shape index (κ2) is 8.76. The van der Waals surface area contributed by atoms with Crippen LogP contribution in [0, 0.1) is 0 Å². The number of nitrogens with zero attached hydrogens (tertiary/aromatic N) is 5. The Hall–Kier alpha value is -3.78. The van der Waals surface area contributed by atoms with Gasteiger partial charge in [-0.3, -0.25) is 0 Å². The van der Waals surface area contributed by atoms with Crippen LogP contribution in [0.15, 0.2) is 88.8 Å². The van der Waals surface area contributed by atoms with Crippen molar-refractivity contribution in [2.45, 2.75) is 10.9 Å². The monoisotopic (exact) mass is 443 g/mol. The fraction of sp³-hybridized carbons (Fsp3) is 0.125. The molecule has 8 heteroatoms. The molecule has 0 bridgehead atoms. The number of methoxy groups -OCH3 is 1. The number of benzene rings is 2. The van der Waals surface area contributed by atoms with Gasteiger partial charge >= 0.3 is 0 Å². The number of furan rings is 1. The second-order valence-corrected chi connectivity index (χ2v) is 8.09. The molecule has 2 aromatic carbocycles. The maximum absolute atomic E-state index is 5.47. The van der Waals surface area contributed by atoms with Crippen molar-refractivity contribution in [1.82, 2.24) is 24.5 Å². The van der Waals surface area contributed by atoms with Crippen LogP contribution in [0.4, 0.5) is 0 Å². The summed E-state index contributed by atoms with van der Waals surface area (Å²) in [6, 6.07) is 21.8. The minimum atomic E-state index is 0.693. The highest BCUT2D eigenvalue weighted by Crippen LogP contribution is 2.31. The van der Waals surface area contributed by atoms with Gasteiger partial charge in [-0.15, -0.1) is 10.2 Å². The Morgan fingerprint density at radius 2 is 1.78 bits per heavy atom. The summed E-state index contributed by atoms with van der Waals surface area (Å²) in [6.07, 6.45) is 3.71. The molecule has 0 aliphatic carbocycles. The Kier molecular flexibility index (Phi) is 5.51. The lowest BCUT2D eigenvalue weighted by Crippen LogP contribution is -1.94. The number of hydrogen-bond acceptors (Lipinski definition) is 6. The molecule has 3 aromatic heterocycles. The lowest BCUT2D eigenvalue weighted by molar-refractivity contribution is 0.415. The first-order valence-corrected chi connectivity index (χ1v) is 11.1. The van der Waals surface area contributed by atoms with Gasteiger partial charge in [-0.05, 0) is 48.5 Å². The van der Waals surface area contributed by atoms with E-state index in [4.69, 9.17) is 14.3 Å². The number of aromatic nitrogens is 5. The molecule has 0 saturated heterocycles. The summed E-state index contributed by atoms with van der Waals surface area (Å²) in [5.41, 5.74) is 4.08. The largest absolute Gasteiger partial charge is 0.497 e. The zero-order valence-corrected chi connectivity index (χ0v) is 18.5. The minimum Gasteiger partial charge on any atom is -0.497 e. The zero-order valence-electron chi connectivity index (χ0n) is 17.7. The molecule has 0 aliphatic rings. The van der Waals surface area contributed by atoms with Crippen LogP contribution in [0.1, 0.15) is 5.56 Å². The third-order valence-corrected chi connectivity index (χ3v) is 6.18. The molecular weight excluding hydrogens is 422 g/mol. The van der Waals surface area contributed by atoms with Crippen molar-refractivity contribution in [2.24, 2.45) is 7.05 Å². The van der Waals surface area contributed by atoms with E-state index in [0.29, 0.717) is 17.3 Å². The summed E-state index contributed by atoms with van der Waals surface area (Å²) in [5, 5.41) is 14.3. The second-order valence-electron chi connectivity index (χ2n) is 7.14. The Bertz CT molecular complexity index is 1310. The molecule has 5 rings (SSSR count). The van der Waals surface area contributed by atoms with Crippen LogP contribution in [0.25, 0.3) is 28.5 Å². The van der Waals surface area contributed by atoms with E-state index in [-0.39, 0.29) is 0 Å². The Morgan fingerprint density at radius 3 is 2.50 bits per heavy atom. The van der Waals surface area contributed by atoms with Gasteiger partial charge in [-0.2, -0.15) is 5.10 Å². The molecule has 0 amide bonds. The van der Waals surface area contributed by atoms with E-state index in [2.05, 4.69) is 16.4 Å². The minimum absolute atomic E-state index is 0.693. The van der Waals surface area contributed by atoms with Gasteiger partial charge < -0.3 is 13.7 Å². The average Bonchev–Trinajstić information content (AvgIpc) is 3.59. The van der Waals surface area contributed by atoms with Crippen LogP contribution >= 0.6 is 11.8 Å². The first-order valence-electron chi connectivity index (χ1n) is 10.1. The highest BCUT2D eigenvalue weighted by atomic mass is 32.2. The molecule has 0 aliphatic heterocycles. The molecule has 0 unspecified atom stereocenters. The van der Waals surface area contributed by atoms with Gasteiger partial charge in [-0.1, -0.05) is 30.0 Å². The quantitative estimate of drug-likeness (QED) is 0.321. The van der Waals surface area contributed by atoms with Gasteiger partial charge in [0.25, 0.3) is 0 Å². The lowest BCUT2D eigenvalue weighted by Gasteiger charge is -2.05. The summed E-state index contributed by atoms with van der Waals surface area (Å²) < 4.78 is 14.6. The highest BCUT2D eigenvalue weighted by Gasteiger charge is 2.17. The summed E-state index contributed by atoms with van der Waals surface area (Å²) in [7, 11) is 3.61. The van der Waals surface area contributed by atoms with Crippen LogP contribution < -0.4 is 4.74 Å². The topological polar surface area (TPSA) is 70.9 Å². The molecule has 7 nitrogen and oxygen atoms in total. The van der Waals surface area contributed by atoms with Crippen molar-refractivity contribution >= 4 is 11.8 Å². The summed E-state index contributed by atoms with van der Waals surface area (Å²) in [6.45, 7) is 0. The van der Waals surface area contributed by atoms with Gasteiger partial charge in [-0.25, -0.2) is 4.68 Å². The molecule has 0 radical (unpaired) electrons. The molecule has 5 aromatic rings. The number of hydrogen-bond donors (Lipinski definition) is 0. The van der Waals surface area contributed by atoms with Crippen molar-refractivity contribution in [1.29, 1.82) is 0 Å². The summed E-state index contributed by atoms with van der Waals surface area (Å²) >= 11 is 1.61. The first-order chi connectivity index (χ1) is 15.7. The average molecular weight is 444 g/mol.